The van der Waals surface area contributed by atoms with Crippen molar-refractivity contribution in [3.05, 3.63) is 65.5 Å². The highest BCUT2D eigenvalue weighted by Gasteiger charge is 2.13. The normalized spacial score (nSPS) is 10.1. The van der Waals surface area contributed by atoms with E-state index < -0.39 is 11.8 Å². The van der Waals surface area contributed by atoms with E-state index in [1.807, 2.05) is 0 Å². The largest absolute Gasteiger partial charge is 0.465 e. The third-order valence-corrected chi connectivity index (χ3v) is 3.71. The number of methoxy groups -OCH3 is 1. The smallest absolute Gasteiger partial charge is 0.337 e. The summed E-state index contributed by atoms with van der Waals surface area (Å²) in [6, 6.07) is 11.6. The Morgan fingerprint density at radius 1 is 1.00 bits per heavy atom. The predicted molar refractivity (Wildman–Crippen MR) is 94.5 cm³/mol. The lowest BCUT2D eigenvalue weighted by Crippen LogP contribution is -2.37. The van der Waals surface area contributed by atoms with Gasteiger partial charge in [-0.15, -0.1) is 0 Å². The van der Waals surface area contributed by atoms with Gasteiger partial charge in [0.15, 0.2) is 0 Å². The van der Waals surface area contributed by atoms with Crippen LogP contribution in [0.5, 0.6) is 0 Å². The summed E-state index contributed by atoms with van der Waals surface area (Å²) in [4.78, 5) is 36.8. The van der Waals surface area contributed by atoms with Gasteiger partial charge in [-0.05, 0) is 48.5 Å². The van der Waals surface area contributed by atoms with E-state index in [1.54, 1.807) is 24.3 Å². The number of esters is 1. The van der Waals surface area contributed by atoms with Crippen molar-refractivity contribution in [2.75, 3.05) is 25.1 Å². The van der Waals surface area contributed by atoms with Crippen LogP contribution in [0.2, 0.25) is 0 Å². The van der Waals surface area contributed by atoms with E-state index >= 15 is 0 Å². The average Bonchev–Trinajstić information content (AvgIpc) is 2.65. The Bertz CT molecular complexity index is 788. The molecular formula is C19H19FN2O4. The molecule has 0 bridgehead atoms. The Hall–Kier alpha value is -3.22. The van der Waals surface area contributed by atoms with E-state index in [0.29, 0.717) is 16.8 Å². The number of ether oxygens (including phenoxy) is 1. The van der Waals surface area contributed by atoms with Gasteiger partial charge in [0.25, 0.3) is 5.91 Å². The van der Waals surface area contributed by atoms with Gasteiger partial charge in [-0.3, -0.25) is 9.59 Å². The van der Waals surface area contributed by atoms with Crippen molar-refractivity contribution in [2.45, 2.75) is 6.92 Å². The van der Waals surface area contributed by atoms with Gasteiger partial charge < -0.3 is 15.0 Å². The Kier molecular flexibility index (Phi) is 6.43. The number of benzene rings is 2. The highest BCUT2D eigenvalue weighted by molar-refractivity contribution is 5.95. The van der Waals surface area contributed by atoms with Crippen molar-refractivity contribution < 1.29 is 23.5 Å². The molecule has 136 valence electrons. The van der Waals surface area contributed by atoms with Crippen LogP contribution in [0.4, 0.5) is 10.1 Å². The molecule has 0 aliphatic carbocycles. The molecule has 0 atom stereocenters. The molecule has 0 saturated heterocycles. The highest BCUT2D eigenvalue weighted by Crippen LogP contribution is 2.16. The fourth-order valence-corrected chi connectivity index (χ4v) is 2.35. The Morgan fingerprint density at radius 2 is 1.58 bits per heavy atom. The van der Waals surface area contributed by atoms with E-state index in [1.165, 1.54) is 43.2 Å². The third kappa shape index (κ3) is 4.89. The van der Waals surface area contributed by atoms with Gasteiger partial charge in [-0.1, -0.05) is 0 Å². The molecule has 0 aliphatic heterocycles. The number of halogens is 1. The minimum Gasteiger partial charge on any atom is -0.465 e. The molecule has 2 aromatic rings. The molecule has 2 rings (SSSR count). The highest BCUT2D eigenvalue weighted by atomic mass is 19.1. The van der Waals surface area contributed by atoms with E-state index in [-0.39, 0.29) is 24.9 Å². The molecule has 6 nitrogen and oxygen atoms in total. The van der Waals surface area contributed by atoms with E-state index in [2.05, 4.69) is 10.1 Å². The fourth-order valence-electron chi connectivity index (χ4n) is 2.35. The minimum absolute atomic E-state index is 0.202. The standard InChI is InChI=1S/C19H19FN2O4/c1-13(23)22(17-9-5-15(6-10-17)19(25)26-2)12-11-21-18(24)14-3-7-16(20)8-4-14/h3-10H,11-12H2,1-2H3,(H,21,24). The molecule has 2 amide bonds. The monoisotopic (exact) mass is 358 g/mol. The number of nitrogens with one attached hydrogen (secondary N) is 1. The Balaban J connectivity index is 1.98. The molecular weight excluding hydrogens is 339 g/mol. The second-order valence-electron chi connectivity index (χ2n) is 5.47. The van der Waals surface area contributed by atoms with Gasteiger partial charge >= 0.3 is 5.97 Å². The van der Waals surface area contributed by atoms with E-state index in [9.17, 15) is 18.8 Å². The van der Waals surface area contributed by atoms with Crippen molar-refractivity contribution in [3.63, 3.8) is 0 Å². The maximum absolute atomic E-state index is 12.9. The van der Waals surface area contributed by atoms with Crippen LogP contribution in [0.3, 0.4) is 0 Å². The van der Waals surface area contributed by atoms with Crippen LogP contribution in [0.15, 0.2) is 48.5 Å². The first-order chi connectivity index (χ1) is 12.4. The zero-order valence-electron chi connectivity index (χ0n) is 14.5. The number of nitrogens with zero attached hydrogens (tertiary/aromatic N) is 1. The van der Waals surface area contributed by atoms with Crippen molar-refractivity contribution in [3.8, 4) is 0 Å². The second kappa shape index (κ2) is 8.75. The lowest BCUT2D eigenvalue weighted by molar-refractivity contribution is -0.116. The molecule has 0 aromatic heterocycles. The van der Waals surface area contributed by atoms with Crippen LogP contribution >= 0.6 is 0 Å². The molecule has 0 heterocycles. The number of carbonyl (C=O) groups is 3. The van der Waals surface area contributed by atoms with Gasteiger partial charge in [0.05, 0.1) is 12.7 Å². The first-order valence-corrected chi connectivity index (χ1v) is 7.92. The van der Waals surface area contributed by atoms with Gasteiger partial charge in [0, 0.05) is 31.3 Å². The molecule has 0 spiro atoms. The van der Waals surface area contributed by atoms with Gasteiger partial charge in [-0.2, -0.15) is 0 Å². The van der Waals surface area contributed by atoms with Crippen molar-refractivity contribution >= 4 is 23.5 Å². The maximum atomic E-state index is 12.9. The van der Waals surface area contributed by atoms with Crippen LogP contribution in [0.25, 0.3) is 0 Å². The molecule has 2 aromatic carbocycles. The summed E-state index contributed by atoms with van der Waals surface area (Å²) < 4.78 is 17.5. The number of amides is 2. The SMILES string of the molecule is COC(=O)c1ccc(N(CCNC(=O)c2ccc(F)cc2)C(C)=O)cc1. The van der Waals surface area contributed by atoms with Crippen molar-refractivity contribution in [2.24, 2.45) is 0 Å². The van der Waals surface area contributed by atoms with Gasteiger partial charge in [0.1, 0.15) is 5.82 Å². The van der Waals surface area contributed by atoms with Gasteiger partial charge in [0.2, 0.25) is 5.91 Å². The predicted octanol–water partition coefficient (Wildman–Crippen LogP) is 2.40. The van der Waals surface area contributed by atoms with Crippen LogP contribution in [0.1, 0.15) is 27.6 Å². The van der Waals surface area contributed by atoms with Crippen molar-refractivity contribution in [1.82, 2.24) is 5.32 Å². The first-order valence-electron chi connectivity index (χ1n) is 7.92. The number of carbonyl (C=O) groups excluding carboxylic acids is 3. The molecule has 1 N–H and O–H groups in total. The molecule has 0 saturated carbocycles. The maximum Gasteiger partial charge on any atom is 0.337 e. The first kappa shape index (κ1) is 19.1. The summed E-state index contributed by atoms with van der Waals surface area (Å²) in [5, 5.41) is 2.68. The number of anilines is 1. The molecule has 0 unspecified atom stereocenters. The Labute approximate surface area is 150 Å². The number of hydrogen-bond donors (Lipinski definition) is 1. The zero-order chi connectivity index (χ0) is 19.1. The number of hydrogen-bond acceptors (Lipinski definition) is 4. The molecule has 7 heteroatoms. The van der Waals surface area contributed by atoms with Crippen LogP contribution < -0.4 is 10.2 Å². The van der Waals surface area contributed by atoms with Crippen LogP contribution in [0, 0.1) is 5.82 Å². The molecule has 0 fully saturated rings. The van der Waals surface area contributed by atoms with Crippen LogP contribution in [-0.2, 0) is 9.53 Å². The second-order valence-corrected chi connectivity index (χ2v) is 5.47. The minimum atomic E-state index is -0.461. The average molecular weight is 358 g/mol. The lowest BCUT2D eigenvalue weighted by atomic mass is 10.2. The topological polar surface area (TPSA) is 75.7 Å². The van der Waals surface area contributed by atoms with E-state index in [4.69, 9.17) is 0 Å². The molecule has 0 aliphatic rings. The molecule has 26 heavy (non-hydrogen) atoms. The summed E-state index contributed by atoms with van der Waals surface area (Å²) in [7, 11) is 1.29. The lowest BCUT2D eigenvalue weighted by Gasteiger charge is -2.21. The van der Waals surface area contributed by atoms with Crippen LogP contribution in [-0.4, -0.2) is 38.0 Å². The summed E-state index contributed by atoms with van der Waals surface area (Å²) in [5.74, 6) is -1.43. The molecule has 0 radical (unpaired) electrons. The summed E-state index contributed by atoms with van der Waals surface area (Å²) in [6.07, 6.45) is 0. The number of rotatable bonds is 6. The zero-order valence-corrected chi connectivity index (χ0v) is 14.5. The quantitative estimate of drug-likeness (QED) is 0.805. The van der Waals surface area contributed by atoms with E-state index in [0.717, 1.165) is 0 Å². The summed E-state index contributed by atoms with van der Waals surface area (Å²) in [6.45, 7) is 1.88. The summed E-state index contributed by atoms with van der Waals surface area (Å²) >= 11 is 0. The van der Waals surface area contributed by atoms with Crippen molar-refractivity contribution in [1.29, 1.82) is 0 Å². The summed E-state index contributed by atoms with van der Waals surface area (Å²) in [5.41, 5.74) is 1.31. The fraction of sp³-hybridized carbons (Fsp3) is 0.211. The Morgan fingerprint density at radius 3 is 2.12 bits per heavy atom. The van der Waals surface area contributed by atoms with Gasteiger partial charge in [-0.25, -0.2) is 9.18 Å². The third-order valence-electron chi connectivity index (χ3n) is 3.71.